The van der Waals surface area contributed by atoms with Gasteiger partial charge >= 0.3 is 0 Å². The molecule has 2 heterocycles. The molecule has 2 N–H and O–H groups in total. The predicted octanol–water partition coefficient (Wildman–Crippen LogP) is 4.20. The van der Waals surface area contributed by atoms with E-state index in [4.69, 9.17) is 5.73 Å². The van der Waals surface area contributed by atoms with E-state index in [-0.39, 0.29) is 0 Å². The van der Waals surface area contributed by atoms with Crippen molar-refractivity contribution < 1.29 is 0 Å². The van der Waals surface area contributed by atoms with E-state index in [2.05, 4.69) is 42.8 Å². The van der Waals surface area contributed by atoms with Crippen LogP contribution in [0.1, 0.15) is 38.1 Å². The number of fused-ring (bicyclic) bond motifs is 1. The summed E-state index contributed by atoms with van der Waals surface area (Å²) in [6.45, 7) is 8.97. The molecule has 1 aliphatic rings. The van der Waals surface area contributed by atoms with E-state index in [1.807, 2.05) is 0 Å². The highest BCUT2D eigenvalue weighted by atomic mass is 32.1. The third-order valence-electron chi connectivity index (χ3n) is 4.32. The van der Waals surface area contributed by atoms with Crippen molar-refractivity contribution in [3.05, 3.63) is 17.1 Å². The van der Waals surface area contributed by atoms with E-state index in [0.717, 1.165) is 29.3 Å². The maximum atomic E-state index is 6.28. The average Bonchev–Trinajstić information content (AvgIpc) is 2.61. The van der Waals surface area contributed by atoms with E-state index in [1.54, 1.807) is 11.3 Å². The minimum atomic E-state index is 0.449. The van der Waals surface area contributed by atoms with Crippen LogP contribution in [0.5, 0.6) is 0 Å². The fourth-order valence-corrected chi connectivity index (χ4v) is 3.89. The fourth-order valence-electron chi connectivity index (χ4n) is 3.03. The lowest BCUT2D eigenvalue weighted by molar-refractivity contribution is 0.325. The van der Waals surface area contributed by atoms with Gasteiger partial charge in [-0.15, -0.1) is 11.3 Å². The molecular weight excluding hydrogens is 266 g/mol. The highest BCUT2D eigenvalue weighted by Gasteiger charge is 2.24. The van der Waals surface area contributed by atoms with Gasteiger partial charge in [0.05, 0.1) is 26.6 Å². The Morgan fingerprint density at radius 2 is 2.05 bits per heavy atom. The summed E-state index contributed by atoms with van der Waals surface area (Å²) < 4.78 is 1.19. The second-order valence-corrected chi connectivity index (χ2v) is 7.85. The Kier molecular flexibility index (Phi) is 3.36. The van der Waals surface area contributed by atoms with Gasteiger partial charge in [0.1, 0.15) is 0 Å². The van der Waals surface area contributed by atoms with Gasteiger partial charge in [0.25, 0.3) is 0 Å². The summed E-state index contributed by atoms with van der Waals surface area (Å²) in [5.41, 5.74) is 9.87. The molecule has 20 heavy (non-hydrogen) atoms. The van der Waals surface area contributed by atoms with Crippen LogP contribution in [0.4, 0.5) is 11.4 Å². The molecule has 0 unspecified atom stereocenters. The van der Waals surface area contributed by atoms with Crippen molar-refractivity contribution in [3.63, 3.8) is 0 Å². The van der Waals surface area contributed by atoms with Gasteiger partial charge in [-0.1, -0.05) is 13.8 Å². The first-order chi connectivity index (χ1) is 9.44. The molecule has 0 atom stereocenters. The van der Waals surface area contributed by atoms with Gasteiger partial charge in [-0.2, -0.15) is 0 Å². The summed E-state index contributed by atoms with van der Waals surface area (Å²) in [6.07, 6.45) is 3.75. The first-order valence-electron chi connectivity index (χ1n) is 7.36. The van der Waals surface area contributed by atoms with Gasteiger partial charge in [0.15, 0.2) is 0 Å². The zero-order valence-electron chi connectivity index (χ0n) is 12.6. The smallest absolute Gasteiger partial charge is 0.0907 e. The van der Waals surface area contributed by atoms with Crippen molar-refractivity contribution in [1.82, 2.24) is 4.98 Å². The quantitative estimate of drug-likeness (QED) is 0.800. The molecule has 1 aromatic carbocycles. The SMILES string of the molecule is Cc1nc2cc(N3CCCC(C)(C)CC3)c(N)cc2s1. The van der Waals surface area contributed by atoms with Crippen molar-refractivity contribution >= 4 is 32.9 Å². The minimum Gasteiger partial charge on any atom is -0.397 e. The second-order valence-electron chi connectivity index (χ2n) is 6.62. The number of nitrogen functional groups attached to an aromatic ring is 1. The van der Waals surface area contributed by atoms with Gasteiger partial charge in [-0.25, -0.2) is 4.98 Å². The molecule has 1 saturated heterocycles. The van der Waals surface area contributed by atoms with Crippen LogP contribution in [0.25, 0.3) is 10.2 Å². The molecule has 0 radical (unpaired) electrons. The maximum Gasteiger partial charge on any atom is 0.0907 e. The number of thiazole rings is 1. The summed E-state index contributed by atoms with van der Waals surface area (Å²) in [5, 5.41) is 1.11. The number of nitrogens with zero attached hydrogens (tertiary/aromatic N) is 2. The molecular formula is C16H23N3S. The van der Waals surface area contributed by atoms with Crippen molar-refractivity contribution in [3.8, 4) is 0 Å². The van der Waals surface area contributed by atoms with Crippen LogP contribution in [0, 0.1) is 12.3 Å². The second kappa shape index (κ2) is 4.92. The zero-order valence-corrected chi connectivity index (χ0v) is 13.4. The molecule has 0 spiro atoms. The number of benzene rings is 1. The Morgan fingerprint density at radius 1 is 1.25 bits per heavy atom. The van der Waals surface area contributed by atoms with Crippen LogP contribution in [-0.2, 0) is 0 Å². The molecule has 0 aliphatic carbocycles. The topological polar surface area (TPSA) is 42.2 Å². The lowest BCUT2D eigenvalue weighted by Gasteiger charge is -2.26. The van der Waals surface area contributed by atoms with Crippen LogP contribution in [0.15, 0.2) is 12.1 Å². The molecule has 3 rings (SSSR count). The summed E-state index contributed by atoms with van der Waals surface area (Å²) in [6, 6.07) is 4.26. The normalized spacial score (nSPS) is 19.2. The maximum absolute atomic E-state index is 6.28. The average molecular weight is 289 g/mol. The van der Waals surface area contributed by atoms with E-state index >= 15 is 0 Å². The van der Waals surface area contributed by atoms with Gasteiger partial charge in [0, 0.05) is 13.1 Å². The molecule has 1 aromatic heterocycles. The summed E-state index contributed by atoms with van der Waals surface area (Å²) in [5.74, 6) is 0. The van der Waals surface area contributed by atoms with E-state index < -0.39 is 0 Å². The van der Waals surface area contributed by atoms with Crippen LogP contribution >= 0.6 is 11.3 Å². The number of anilines is 2. The molecule has 3 nitrogen and oxygen atoms in total. The van der Waals surface area contributed by atoms with E-state index in [1.165, 1.54) is 29.6 Å². The van der Waals surface area contributed by atoms with E-state index in [0.29, 0.717) is 5.41 Å². The third-order valence-corrected chi connectivity index (χ3v) is 5.26. The number of aryl methyl sites for hydroxylation is 1. The number of nitrogens with two attached hydrogens (primary N) is 1. The number of hydrogen-bond acceptors (Lipinski definition) is 4. The van der Waals surface area contributed by atoms with Crippen molar-refractivity contribution in [2.24, 2.45) is 5.41 Å². The van der Waals surface area contributed by atoms with Gasteiger partial charge < -0.3 is 10.6 Å². The Labute approximate surface area is 124 Å². The highest BCUT2D eigenvalue weighted by molar-refractivity contribution is 7.18. The van der Waals surface area contributed by atoms with Crippen LogP contribution in [0.2, 0.25) is 0 Å². The Hall–Kier alpha value is -1.29. The Morgan fingerprint density at radius 3 is 2.85 bits per heavy atom. The molecule has 1 fully saturated rings. The first-order valence-corrected chi connectivity index (χ1v) is 8.18. The predicted molar refractivity (Wildman–Crippen MR) is 88.6 cm³/mol. The largest absolute Gasteiger partial charge is 0.397 e. The van der Waals surface area contributed by atoms with Gasteiger partial charge in [-0.3, -0.25) is 0 Å². The van der Waals surface area contributed by atoms with Gasteiger partial charge in [-0.05, 0) is 43.7 Å². The molecule has 0 bridgehead atoms. The van der Waals surface area contributed by atoms with Crippen LogP contribution < -0.4 is 10.6 Å². The van der Waals surface area contributed by atoms with Crippen molar-refractivity contribution in [2.45, 2.75) is 40.0 Å². The summed E-state index contributed by atoms with van der Waals surface area (Å²) in [7, 11) is 0. The fraction of sp³-hybridized carbons (Fsp3) is 0.562. The molecule has 108 valence electrons. The Bertz CT molecular complexity index is 630. The number of aromatic nitrogens is 1. The Balaban J connectivity index is 1.94. The lowest BCUT2D eigenvalue weighted by Crippen LogP contribution is -2.25. The molecule has 1 aliphatic heterocycles. The molecule has 0 saturated carbocycles. The summed E-state index contributed by atoms with van der Waals surface area (Å²) >= 11 is 1.72. The zero-order chi connectivity index (χ0) is 14.3. The molecule has 4 heteroatoms. The van der Waals surface area contributed by atoms with E-state index in [9.17, 15) is 0 Å². The molecule has 0 amide bonds. The summed E-state index contributed by atoms with van der Waals surface area (Å²) in [4.78, 5) is 7.04. The van der Waals surface area contributed by atoms with Crippen molar-refractivity contribution in [1.29, 1.82) is 0 Å². The van der Waals surface area contributed by atoms with Crippen LogP contribution in [-0.4, -0.2) is 18.1 Å². The molecule has 2 aromatic rings. The standard InChI is InChI=1S/C16H23N3S/c1-11-18-13-10-14(12(17)9-15(13)20-11)19-7-4-5-16(2,3)6-8-19/h9-10H,4-8,17H2,1-3H3. The van der Waals surface area contributed by atoms with Crippen molar-refractivity contribution in [2.75, 3.05) is 23.7 Å². The lowest BCUT2D eigenvalue weighted by atomic mass is 9.85. The van der Waals surface area contributed by atoms with Gasteiger partial charge in [0.2, 0.25) is 0 Å². The first kappa shape index (κ1) is 13.7. The number of rotatable bonds is 1. The highest BCUT2D eigenvalue weighted by Crippen LogP contribution is 2.36. The third kappa shape index (κ3) is 2.62. The van der Waals surface area contributed by atoms with Crippen LogP contribution in [0.3, 0.4) is 0 Å². The monoisotopic (exact) mass is 289 g/mol. The minimum absolute atomic E-state index is 0.449. The number of hydrogen-bond donors (Lipinski definition) is 1.